The van der Waals surface area contributed by atoms with E-state index in [4.69, 9.17) is 0 Å². The summed E-state index contributed by atoms with van der Waals surface area (Å²) in [7, 11) is 1.91. The van der Waals surface area contributed by atoms with Crippen molar-refractivity contribution in [2.75, 3.05) is 5.32 Å². The third kappa shape index (κ3) is 2.73. The standard InChI is InChI=1S/C15H14N8/c1-22-10-13(9-17-22)12-4-2-3-11(7-12)8-16-14-5-6-15-18-20-21-23(15)19-14/h2-7,9-10H,8H2,1H3,(H,16,19). The first-order valence-electron chi connectivity index (χ1n) is 7.15. The minimum Gasteiger partial charge on any atom is -0.365 e. The van der Waals surface area contributed by atoms with Crippen LogP contribution in [0.5, 0.6) is 0 Å². The molecule has 0 fully saturated rings. The lowest BCUT2D eigenvalue weighted by Gasteiger charge is -2.07. The molecule has 1 N–H and O–H groups in total. The Kier molecular flexibility index (Phi) is 3.19. The Morgan fingerprint density at radius 1 is 1.13 bits per heavy atom. The summed E-state index contributed by atoms with van der Waals surface area (Å²) < 4.78 is 3.19. The van der Waals surface area contributed by atoms with E-state index in [2.05, 4.69) is 49.2 Å². The largest absolute Gasteiger partial charge is 0.365 e. The number of rotatable bonds is 4. The molecular formula is C15H14N8. The lowest BCUT2D eigenvalue weighted by molar-refractivity contribution is 0.734. The van der Waals surface area contributed by atoms with Gasteiger partial charge in [0.05, 0.1) is 6.20 Å². The van der Waals surface area contributed by atoms with Gasteiger partial charge >= 0.3 is 0 Å². The number of aromatic nitrogens is 7. The number of tetrazole rings is 1. The number of hydrogen-bond donors (Lipinski definition) is 1. The summed E-state index contributed by atoms with van der Waals surface area (Å²) in [5, 5.41) is 23.0. The van der Waals surface area contributed by atoms with E-state index < -0.39 is 0 Å². The molecule has 3 aromatic heterocycles. The van der Waals surface area contributed by atoms with Crippen molar-refractivity contribution in [1.29, 1.82) is 0 Å². The van der Waals surface area contributed by atoms with Crippen molar-refractivity contribution >= 4 is 11.5 Å². The fourth-order valence-corrected chi connectivity index (χ4v) is 2.37. The van der Waals surface area contributed by atoms with E-state index in [0.717, 1.165) is 22.5 Å². The molecule has 0 bridgehead atoms. The molecule has 0 saturated carbocycles. The van der Waals surface area contributed by atoms with Crippen LogP contribution in [0.3, 0.4) is 0 Å². The number of benzene rings is 1. The van der Waals surface area contributed by atoms with Gasteiger partial charge in [0.2, 0.25) is 0 Å². The third-order valence-corrected chi connectivity index (χ3v) is 3.51. The molecule has 1 aromatic carbocycles. The Hall–Kier alpha value is -3.29. The topological polar surface area (TPSA) is 85.8 Å². The van der Waals surface area contributed by atoms with Crippen LogP contribution in [-0.2, 0) is 13.6 Å². The van der Waals surface area contributed by atoms with Crippen molar-refractivity contribution in [3.8, 4) is 11.1 Å². The molecule has 0 unspecified atom stereocenters. The fourth-order valence-electron chi connectivity index (χ4n) is 2.37. The summed E-state index contributed by atoms with van der Waals surface area (Å²) in [6.45, 7) is 0.661. The van der Waals surface area contributed by atoms with Gasteiger partial charge in [0.25, 0.3) is 0 Å². The fraction of sp³-hybridized carbons (Fsp3) is 0.133. The maximum Gasteiger partial charge on any atom is 0.200 e. The molecule has 0 amide bonds. The van der Waals surface area contributed by atoms with Gasteiger partial charge in [-0.15, -0.1) is 14.8 Å². The summed E-state index contributed by atoms with van der Waals surface area (Å²) >= 11 is 0. The van der Waals surface area contributed by atoms with Crippen LogP contribution in [-0.4, -0.2) is 35.0 Å². The highest BCUT2D eigenvalue weighted by Crippen LogP contribution is 2.20. The van der Waals surface area contributed by atoms with Gasteiger partial charge in [-0.05, 0) is 39.8 Å². The number of nitrogens with zero attached hydrogens (tertiary/aromatic N) is 7. The van der Waals surface area contributed by atoms with Gasteiger partial charge in [0.15, 0.2) is 5.65 Å². The maximum atomic E-state index is 4.29. The van der Waals surface area contributed by atoms with E-state index in [1.54, 1.807) is 4.68 Å². The molecular weight excluding hydrogens is 292 g/mol. The monoisotopic (exact) mass is 306 g/mol. The highest BCUT2D eigenvalue weighted by Gasteiger charge is 2.03. The molecule has 0 atom stereocenters. The minimum atomic E-state index is 0.620. The first-order chi connectivity index (χ1) is 11.3. The molecule has 8 heteroatoms. The SMILES string of the molecule is Cn1cc(-c2cccc(CNc3ccc4nnnn4n3)c2)cn1. The Morgan fingerprint density at radius 2 is 2.09 bits per heavy atom. The second kappa shape index (κ2) is 5.48. The Balaban J connectivity index is 1.52. The number of hydrogen-bond acceptors (Lipinski definition) is 6. The predicted octanol–water partition coefficient (Wildman–Crippen LogP) is 1.53. The van der Waals surface area contributed by atoms with Crippen LogP contribution in [0.25, 0.3) is 16.8 Å². The Bertz CT molecular complexity index is 955. The molecule has 0 aliphatic carbocycles. The van der Waals surface area contributed by atoms with Crippen LogP contribution < -0.4 is 5.32 Å². The summed E-state index contributed by atoms with van der Waals surface area (Å²) in [6, 6.07) is 12.0. The Labute approximate surface area is 131 Å². The van der Waals surface area contributed by atoms with Gasteiger partial charge in [-0.3, -0.25) is 4.68 Å². The number of anilines is 1. The van der Waals surface area contributed by atoms with E-state index in [1.807, 2.05) is 37.6 Å². The van der Waals surface area contributed by atoms with Crippen molar-refractivity contribution in [2.45, 2.75) is 6.54 Å². The second-order valence-corrected chi connectivity index (χ2v) is 5.20. The second-order valence-electron chi connectivity index (χ2n) is 5.20. The van der Waals surface area contributed by atoms with E-state index in [0.29, 0.717) is 12.2 Å². The van der Waals surface area contributed by atoms with E-state index in [-0.39, 0.29) is 0 Å². The summed E-state index contributed by atoms with van der Waals surface area (Å²) in [6.07, 6.45) is 3.86. The maximum absolute atomic E-state index is 4.29. The molecule has 0 radical (unpaired) electrons. The third-order valence-electron chi connectivity index (χ3n) is 3.51. The first kappa shape index (κ1) is 13.4. The van der Waals surface area contributed by atoms with Crippen LogP contribution in [0.15, 0.2) is 48.8 Å². The number of nitrogens with one attached hydrogen (secondary N) is 1. The predicted molar refractivity (Wildman–Crippen MR) is 84.5 cm³/mol. The molecule has 23 heavy (non-hydrogen) atoms. The molecule has 8 nitrogen and oxygen atoms in total. The van der Waals surface area contributed by atoms with Crippen LogP contribution in [0.4, 0.5) is 5.82 Å². The molecule has 4 rings (SSSR count). The van der Waals surface area contributed by atoms with Crippen molar-refractivity contribution < 1.29 is 0 Å². The minimum absolute atomic E-state index is 0.620. The summed E-state index contributed by atoms with van der Waals surface area (Å²) in [5.41, 5.74) is 4.02. The lowest BCUT2D eigenvalue weighted by atomic mass is 10.1. The highest BCUT2D eigenvalue weighted by molar-refractivity contribution is 5.62. The lowest BCUT2D eigenvalue weighted by Crippen LogP contribution is -2.04. The quantitative estimate of drug-likeness (QED) is 0.615. The molecule has 0 aliphatic heterocycles. The number of fused-ring (bicyclic) bond motifs is 1. The van der Waals surface area contributed by atoms with Crippen LogP contribution in [0, 0.1) is 0 Å². The molecule has 0 aliphatic rings. The normalized spacial score (nSPS) is 11.0. The zero-order valence-electron chi connectivity index (χ0n) is 12.5. The van der Waals surface area contributed by atoms with Gasteiger partial charge < -0.3 is 5.32 Å². The summed E-state index contributed by atoms with van der Waals surface area (Å²) in [4.78, 5) is 0. The highest BCUT2D eigenvalue weighted by atomic mass is 15.6. The molecule has 0 spiro atoms. The van der Waals surface area contributed by atoms with Gasteiger partial charge in [-0.2, -0.15) is 5.10 Å². The Morgan fingerprint density at radius 3 is 2.96 bits per heavy atom. The zero-order valence-corrected chi connectivity index (χ0v) is 12.5. The van der Waals surface area contributed by atoms with Crippen molar-refractivity contribution in [3.05, 3.63) is 54.4 Å². The van der Waals surface area contributed by atoms with Crippen LogP contribution in [0.2, 0.25) is 0 Å². The van der Waals surface area contributed by atoms with Crippen LogP contribution in [0.1, 0.15) is 5.56 Å². The smallest absolute Gasteiger partial charge is 0.200 e. The molecule has 0 saturated heterocycles. The summed E-state index contributed by atoms with van der Waals surface area (Å²) in [5.74, 6) is 0.719. The van der Waals surface area contributed by atoms with Gasteiger partial charge in [0.1, 0.15) is 5.82 Å². The van der Waals surface area contributed by atoms with Gasteiger partial charge in [0, 0.05) is 25.4 Å². The van der Waals surface area contributed by atoms with E-state index >= 15 is 0 Å². The van der Waals surface area contributed by atoms with E-state index in [1.165, 1.54) is 4.63 Å². The van der Waals surface area contributed by atoms with Gasteiger partial charge in [-0.25, -0.2) is 0 Å². The van der Waals surface area contributed by atoms with Gasteiger partial charge in [-0.1, -0.05) is 18.2 Å². The first-order valence-corrected chi connectivity index (χ1v) is 7.15. The molecule has 4 aromatic rings. The van der Waals surface area contributed by atoms with E-state index in [9.17, 15) is 0 Å². The average Bonchev–Trinajstić information content (AvgIpc) is 3.21. The van der Waals surface area contributed by atoms with Crippen molar-refractivity contribution in [3.63, 3.8) is 0 Å². The molecule has 3 heterocycles. The van der Waals surface area contributed by atoms with Crippen molar-refractivity contribution in [2.24, 2.45) is 7.05 Å². The van der Waals surface area contributed by atoms with Crippen LogP contribution >= 0.6 is 0 Å². The van der Waals surface area contributed by atoms with Crippen molar-refractivity contribution in [1.82, 2.24) is 35.0 Å². The average molecular weight is 306 g/mol. The zero-order chi connectivity index (χ0) is 15.6. The number of aryl methyl sites for hydroxylation is 1. The molecule has 114 valence electrons.